The first-order chi connectivity index (χ1) is 10.1. The molecule has 21 heavy (non-hydrogen) atoms. The minimum Gasteiger partial charge on any atom is -0.290 e. The zero-order valence-electron chi connectivity index (χ0n) is 12.2. The highest BCUT2D eigenvalue weighted by Crippen LogP contribution is 2.31. The van der Waals surface area contributed by atoms with Crippen molar-refractivity contribution in [3.8, 4) is 5.75 Å². The molecule has 0 aliphatic carbocycles. The van der Waals surface area contributed by atoms with Crippen LogP contribution in [0.3, 0.4) is 0 Å². The van der Waals surface area contributed by atoms with Gasteiger partial charge in [-0.3, -0.25) is 5.11 Å². The fraction of sp³-hybridized carbons (Fsp3) is 0.158. The Morgan fingerprint density at radius 1 is 0.857 bits per heavy atom. The second-order valence-corrected chi connectivity index (χ2v) is 6.37. The third-order valence-corrected chi connectivity index (χ3v) is 4.91. The highest BCUT2D eigenvalue weighted by molar-refractivity contribution is 7.98. The van der Waals surface area contributed by atoms with Gasteiger partial charge in [-0.1, -0.05) is 42.5 Å². The summed E-state index contributed by atoms with van der Waals surface area (Å²) in [5.41, 5.74) is 3.19. The molecule has 0 aliphatic heterocycles. The lowest BCUT2D eigenvalue weighted by molar-refractivity contribution is 0.351. The van der Waals surface area contributed by atoms with Crippen LogP contribution in [0.1, 0.15) is 16.7 Å². The second kappa shape index (κ2) is 5.82. The minimum atomic E-state index is 0.127. The van der Waals surface area contributed by atoms with Crippen LogP contribution in [0, 0.1) is 13.8 Å². The molecule has 0 atom stereocenters. The summed E-state index contributed by atoms with van der Waals surface area (Å²) >= 11 is 1.79. The summed E-state index contributed by atoms with van der Waals surface area (Å²) in [6.45, 7) is 3.88. The van der Waals surface area contributed by atoms with Crippen LogP contribution < -0.4 is 0 Å². The van der Waals surface area contributed by atoms with Gasteiger partial charge in [-0.2, -0.15) is 0 Å². The van der Waals surface area contributed by atoms with Crippen LogP contribution in [-0.2, 0) is 10.9 Å². The zero-order chi connectivity index (χ0) is 14.8. The fourth-order valence-electron chi connectivity index (χ4n) is 2.41. The van der Waals surface area contributed by atoms with Gasteiger partial charge in [-0.15, -0.1) is 11.8 Å². The Morgan fingerprint density at radius 2 is 1.62 bits per heavy atom. The van der Waals surface area contributed by atoms with Crippen LogP contribution in [-0.4, -0.2) is 0 Å². The Labute approximate surface area is 129 Å². The predicted molar refractivity (Wildman–Crippen MR) is 89.6 cm³/mol. The van der Waals surface area contributed by atoms with Crippen LogP contribution in [0.15, 0.2) is 59.5 Å². The van der Waals surface area contributed by atoms with E-state index in [1.807, 2.05) is 19.9 Å². The van der Waals surface area contributed by atoms with E-state index in [4.69, 9.17) is 0 Å². The Morgan fingerprint density at radius 3 is 2.43 bits per heavy atom. The molecule has 0 aliphatic rings. The van der Waals surface area contributed by atoms with Crippen molar-refractivity contribution in [3.63, 3.8) is 0 Å². The molecule has 3 aromatic rings. The molecule has 0 saturated heterocycles. The summed E-state index contributed by atoms with van der Waals surface area (Å²) < 4.78 is 0. The maximum Gasteiger partial charge on any atom is 0.181 e. The van der Waals surface area contributed by atoms with Crippen LogP contribution in [0.25, 0.3) is 10.8 Å². The van der Waals surface area contributed by atoms with Crippen LogP contribution in [0.2, 0.25) is 0 Å². The van der Waals surface area contributed by atoms with E-state index in [1.165, 1.54) is 21.2 Å². The summed E-state index contributed by atoms with van der Waals surface area (Å²) in [6.07, 6.45) is 0. The van der Waals surface area contributed by atoms with Gasteiger partial charge in [0, 0.05) is 10.6 Å². The lowest BCUT2D eigenvalue weighted by atomic mass is 10.1. The van der Waals surface area contributed by atoms with Crippen LogP contribution in [0.4, 0.5) is 0 Å². The van der Waals surface area contributed by atoms with Gasteiger partial charge in [0.15, 0.2) is 5.75 Å². The fourth-order valence-corrected chi connectivity index (χ4v) is 3.46. The molecule has 2 heteroatoms. The molecule has 3 aromatic carbocycles. The molecule has 0 N–H and O–H groups in total. The normalized spacial score (nSPS) is 11.0. The summed E-state index contributed by atoms with van der Waals surface area (Å²) in [5.74, 6) is 1.05. The third-order valence-electron chi connectivity index (χ3n) is 3.68. The third kappa shape index (κ3) is 3.06. The molecular formula is C19H17OS. The number of aryl methyl sites for hydroxylation is 2. The number of rotatable bonds is 3. The van der Waals surface area contributed by atoms with Crippen LogP contribution in [0.5, 0.6) is 5.75 Å². The highest BCUT2D eigenvalue weighted by Gasteiger charge is 2.06. The Kier molecular flexibility index (Phi) is 3.89. The maximum atomic E-state index is 11.6. The topological polar surface area (TPSA) is 19.9 Å². The van der Waals surface area contributed by atoms with E-state index in [2.05, 4.69) is 42.5 Å². The van der Waals surface area contributed by atoms with E-state index in [1.54, 1.807) is 17.8 Å². The molecule has 0 fully saturated rings. The standard InChI is InChI=1S/C19H17OS/c1-13-10-19(14(2)9-18(13)20)21-12-15-7-8-16-5-3-4-6-17(16)11-15/h3-11H,12H2,1-2H3. The van der Waals surface area contributed by atoms with Gasteiger partial charge >= 0.3 is 0 Å². The summed E-state index contributed by atoms with van der Waals surface area (Å²) in [4.78, 5) is 1.19. The minimum absolute atomic E-state index is 0.127. The number of fused-ring (bicyclic) bond motifs is 1. The van der Waals surface area contributed by atoms with E-state index in [9.17, 15) is 5.11 Å². The monoisotopic (exact) mass is 293 g/mol. The molecule has 3 rings (SSSR count). The predicted octanol–water partition coefficient (Wildman–Crippen LogP) is 5.89. The van der Waals surface area contributed by atoms with E-state index in [0.717, 1.165) is 16.9 Å². The number of benzene rings is 3. The van der Waals surface area contributed by atoms with Gasteiger partial charge in [0.25, 0.3) is 0 Å². The van der Waals surface area contributed by atoms with Crippen molar-refractivity contribution in [2.24, 2.45) is 0 Å². The van der Waals surface area contributed by atoms with Crippen molar-refractivity contribution in [3.05, 3.63) is 71.3 Å². The molecule has 1 radical (unpaired) electrons. The molecular weight excluding hydrogens is 276 g/mol. The van der Waals surface area contributed by atoms with Gasteiger partial charge in [-0.25, -0.2) is 0 Å². The average molecular weight is 293 g/mol. The van der Waals surface area contributed by atoms with E-state index in [0.29, 0.717) is 0 Å². The van der Waals surface area contributed by atoms with Gasteiger partial charge in [0.2, 0.25) is 0 Å². The Balaban J connectivity index is 1.81. The van der Waals surface area contributed by atoms with Crippen molar-refractivity contribution in [2.45, 2.75) is 24.5 Å². The number of hydrogen-bond donors (Lipinski definition) is 0. The molecule has 0 heterocycles. The highest BCUT2D eigenvalue weighted by atomic mass is 32.2. The zero-order valence-corrected chi connectivity index (χ0v) is 13.0. The molecule has 0 saturated carbocycles. The molecule has 0 bridgehead atoms. The molecule has 0 aromatic heterocycles. The van der Waals surface area contributed by atoms with Gasteiger partial charge in [0.1, 0.15) is 0 Å². The first-order valence-corrected chi connectivity index (χ1v) is 8.01. The number of thioether (sulfide) groups is 1. The van der Waals surface area contributed by atoms with Crippen molar-refractivity contribution < 1.29 is 5.11 Å². The average Bonchev–Trinajstić information content (AvgIpc) is 2.49. The molecule has 105 valence electrons. The molecule has 0 amide bonds. The quantitative estimate of drug-likeness (QED) is 0.551. The summed E-state index contributed by atoms with van der Waals surface area (Å²) in [6, 6.07) is 18.7. The van der Waals surface area contributed by atoms with Crippen molar-refractivity contribution in [1.29, 1.82) is 0 Å². The second-order valence-electron chi connectivity index (χ2n) is 5.35. The van der Waals surface area contributed by atoms with Gasteiger partial charge in [-0.05, 0) is 53.4 Å². The lowest BCUT2D eigenvalue weighted by Gasteiger charge is -2.08. The van der Waals surface area contributed by atoms with E-state index < -0.39 is 0 Å². The smallest absolute Gasteiger partial charge is 0.181 e. The SMILES string of the molecule is Cc1cc(SCc2ccc3ccccc3c2)c(C)cc1[O]. The van der Waals surface area contributed by atoms with Crippen molar-refractivity contribution >= 4 is 22.5 Å². The molecule has 0 unspecified atom stereocenters. The van der Waals surface area contributed by atoms with Crippen LogP contribution >= 0.6 is 11.8 Å². The lowest BCUT2D eigenvalue weighted by Crippen LogP contribution is -1.86. The molecule has 1 nitrogen and oxygen atoms in total. The van der Waals surface area contributed by atoms with E-state index in [-0.39, 0.29) is 5.75 Å². The Hall–Kier alpha value is -1.93. The summed E-state index contributed by atoms with van der Waals surface area (Å²) in [7, 11) is 0. The Bertz CT molecular complexity index is 793. The first kappa shape index (κ1) is 14.0. The largest absolute Gasteiger partial charge is 0.290 e. The maximum absolute atomic E-state index is 11.6. The van der Waals surface area contributed by atoms with Crippen molar-refractivity contribution in [2.75, 3.05) is 0 Å². The first-order valence-electron chi connectivity index (χ1n) is 7.02. The number of hydrogen-bond acceptors (Lipinski definition) is 1. The van der Waals surface area contributed by atoms with Gasteiger partial charge < -0.3 is 0 Å². The summed E-state index contributed by atoms with van der Waals surface area (Å²) in [5, 5.41) is 14.2. The molecule has 0 spiro atoms. The van der Waals surface area contributed by atoms with E-state index >= 15 is 0 Å². The van der Waals surface area contributed by atoms with Gasteiger partial charge in [0.05, 0.1) is 0 Å². The van der Waals surface area contributed by atoms with Crippen molar-refractivity contribution in [1.82, 2.24) is 0 Å².